The third-order valence-electron chi connectivity index (χ3n) is 12.4. The molecule has 0 radical (unpaired) electrons. The molecule has 288 valence electrons. The summed E-state index contributed by atoms with van der Waals surface area (Å²) >= 11 is 0. The number of benzene rings is 10. The van der Waals surface area contributed by atoms with Gasteiger partial charge in [0.2, 0.25) is 0 Å². The summed E-state index contributed by atoms with van der Waals surface area (Å²) in [7, 11) is 0. The molecule has 0 unspecified atom stereocenters. The van der Waals surface area contributed by atoms with Crippen LogP contribution in [0.3, 0.4) is 0 Å². The summed E-state index contributed by atoms with van der Waals surface area (Å²) in [4.78, 5) is 15.4. The van der Waals surface area contributed by atoms with Crippen LogP contribution in [-0.2, 0) is 0 Å². The Morgan fingerprint density at radius 1 is 0.323 bits per heavy atom. The van der Waals surface area contributed by atoms with E-state index in [-0.39, 0.29) is 0 Å². The summed E-state index contributed by atoms with van der Waals surface area (Å²) in [6, 6.07) is 72.8. The topological polar surface area (TPSA) is 56.7 Å². The highest BCUT2D eigenvalue weighted by Gasteiger charge is 2.20. The lowest BCUT2D eigenvalue weighted by atomic mass is 9.97. The molecular formula is C57H34N4O. The molecule has 0 saturated carbocycles. The third-order valence-corrected chi connectivity index (χ3v) is 12.4. The predicted molar refractivity (Wildman–Crippen MR) is 256 cm³/mol. The monoisotopic (exact) mass is 790 g/mol. The van der Waals surface area contributed by atoms with Gasteiger partial charge in [0.25, 0.3) is 0 Å². The Morgan fingerprint density at radius 2 is 0.839 bits per heavy atom. The van der Waals surface area contributed by atoms with Gasteiger partial charge < -0.3 is 8.98 Å². The van der Waals surface area contributed by atoms with Crippen molar-refractivity contribution in [3.63, 3.8) is 0 Å². The summed E-state index contributed by atoms with van der Waals surface area (Å²) in [6.45, 7) is 0. The molecule has 13 rings (SSSR count). The fraction of sp³-hybridized carbons (Fsp3) is 0. The van der Waals surface area contributed by atoms with Crippen molar-refractivity contribution in [1.29, 1.82) is 0 Å². The molecule has 0 aliphatic rings. The zero-order valence-corrected chi connectivity index (χ0v) is 33.3. The molecular weight excluding hydrogens is 757 g/mol. The molecule has 0 amide bonds. The Hall–Kier alpha value is -8.41. The second kappa shape index (κ2) is 13.6. The number of para-hydroxylation sites is 2. The van der Waals surface area contributed by atoms with E-state index in [2.05, 4.69) is 205 Å². The third kappa shape index (κ3) is 5.45. The Kier molecular flexibility index (Phi) is 7.54. The molecule has 5 heteroatoms. The van der Waals surface area contributed by atoms with Gasteiger partial charge in [0, 0.05) is 44.3 Å². The van der Waals surface area contributed by atoms with Crippen LogP contribution in [0.1, 0.15) is 0 Å². The fourth-order valence-corrected chi connectivity index (χ4v) is 9.43. The van der Waals surface area contributed by atoms with E-state index in [0.717, 1.165) is 77.2 Å². The number of hydrogen-bond donors (Lipinski definition) is 0. The highest BCUT2D eigenvalue weighted by molar-refractivity contribution is 6.22. The van der Waals surface area contributed by atoms with E-state index in [0.29, 0.717) is 17.5 Å². The summed E-state index contributed by atoms with van der Waals surface area (Å²) in [5, 5.41) is 11.7. The number of hydrogen-bond acceptors (Lipinski definition) is 4. The van der Waals surface area contributed by atoms with Crippen molar-refractivity contribution in [2.24, 2.45) is 0 Å². The molecule has 0 atom stereocenters. The van der Waals surface area contributed by atoms with Crippen LogP contribution >= 0.6 is 0 Å². The van der Waals surface area contributed by atoms with E-state index in [1.807, 2.05) is 6.07 Å². The van der Waals surface area contributed by atoms with E-state index in [1.54, 1.807) is 0 Å². The van der Waals surface area contributed by atoms with Crippen LogP contribution in [0.15, 0.2) is 211 Å². The molecule has 0 bridgehead atoms. The second-order valence-corrected chi connectivity index (χ2v) is 16.0. The fourth-order valence-electron chi connectivity index (χ4n) is 9.43. The maximum Gasteiger partial charge on any atom is 0.164 e. The molecule has 0 spiro atoms. The number of rotatable bonds is 5. The molecule has 0 aliphatic heterocycles. The van der Waals surface area contributed by atoms with Gasteiger partial charge >= 0.3 is 0 Å². The minimum Gasteiger partial charge on any atom is -0.456 e. The van der Waals surface area contributed by atoms with Crippen molar-refractivity contribution in [3.8, 4) is 51.0 Å². The van der Waals surface area contributed by atoms with Gasteiger partial charge in [0.1, 0.15) is 11.2 Å². The second-order valence-electron chi connectivity index (χ2n) is 16.0. The minimum atomic E-state index is 0.614. The van der Waals surface area contributed by atoms with Gasteiger partial charge in [-0.05, 0) is 79.8 Å². The number of fused-ring (bicyclic) bond motifs is 10. The van der Waals surface area contributed by atoms with Gasteiger partial charge in [-0.1, -0.05) is 164 Å². The van der Waals surface area contributed by atoms with E-state index < -0.39 is 0 Å². The van der Waals surface area contributed by atoms with Gasteiger partial charge in [-0.2, -0.15) is 0 Å². The minimum absolute atomic E-state index is 0.614. The van der Waals surface area contributed by atoms with Crippen LogP contribution in [0.4, 0.5) is 0 Å². The Balaban J connectivity index is 0.992. The van der Waals surface area contributed by atoms with Gasteiger partial charge in [0.15, 0.2) is 17.5 Å². The summed E-state index contributed by atoms with van der Waals surface area (Å²) in [5.74, 6) is 1.88. The van der Waals surface area contributed by atoms with Crippen molar-refractivity contribution >= 4 is 76.1 Å². The van der Waals surface area contributed by atoms with Crippen LogP contribution in [0, 0.1) is 0 Å². The quantitative estimate of drug-likeness (QED) is 0.174. The zero-order valence-electron chi connectivity index (χ0n) is 33.3. The van der Waals surface area contributed by atoms with Crippen LogP contribution in [0.2, 0.25) is 0 Å². The summed E-state index contributed by atoms with van der Waals surface area (Å²) < 4.78 is 9.05. The lowest BCUT2D eigenvalue weighted by Crippen LogP contribution is -2.00. The average Bonchev–Trinajstić information content (AvgIpc) is 3.89. The maximum absolute atomic E-state index is 6.66. The lowest BCUT2D eigenvalue weighted by molar-refractivity contribution is 0.668. The SMILES string of the molecule is c1ccc2cc(-c3nc(-c4ccc(-c5cc(-n6c7ccccc7c7c8ccccc8ccc76)cc6oc7ccccc7c56)cc4)nc(-c4ccc5ccccc5c4)n3)ccc2c1. The highest BCUT2D eigenvalue weighted by Crippen LogP contribution is 2.42. The highest BCUT2D eigenvalue weighted by atomic mass is 16.3. The van der Waals surface area contributed by atoms with Crippen molar-refractivity contribution < 1.29 is 4.42 Å². The largest absolute Gasteiger partial charge is 0.456 e. The van der Waals surface area contributed by atoms with Gasteiger partial charge in [-0.15, -0.1) is 0 Å². The Bertz CT molecular complexity index is 3840. The molecule has 3 heterocycles. The number of aromatic nitrogens is 4. The average molecular weight is 791 g/mol. The van der Waals surface area contributed by atoms with Gasteiger partial charge in [0.05, 0.1) is 16.7 Å². The zero-order chi connectivity index (χ0) is 40.7. The maximum atomic E-state index is 6.66. The Labute approximate surface area is 355 Å². The van der Waals surface area contributed by atoms with Crippen LogP contribution in [-0.4, -0.2) is 19.5 Å². The molecule has 0 N–H and O–H groups in total. The standard InChI is InChI=1S/C57H34N4O/c1-3-14-40-31-42(27-21-35(40)11-1)56-58-55(59-57(60-56)43-28-22-36-12-2-4-15-41(36)32-43)39-25-23-38(24-26-39)48-33-44(34-52-54(48)47-18-8-10-20-51(47)62-52)61-49-19-9-7-17-46(49)53-45-16-6-5-13-37(45)29-30-50(53)61/h1-34H. The molecule has 10 aromatic carbocycles. The van der Waals surface area contributed by atoms with E-state index >= 15 is 0 Å². The summed E-state index contributed by atoms with van der Waals surface area (Å²) in [6.07, 6.45) is 0. The molecule has 5 nitrogen and oxygen atoms in total. The first-order chi connectivity index (χ1) is 30.7. The van der Waals surface area contributed by atoms with Crippen molar-refractivity contribution in [1.82, 2.24) is 19.5 Å². The predicted octanol–water partition coefficient (Wildman–Crippen LogP) is 15.0. The lowest BCUT2D eigenvalue weighted by Gasteiger charge is -2.13. The molecule has 62 heavy (non-hydrogen) atoms. The van der Waals surface area contributed by atoms with E-state index in [9.17, 15) is 0 Å². The molecule has 0 fully saturated rings. The van der Waals surface area contributed by atoms with Crippen LogP contribution in [0.25, 0.3) is 127 Å². The summed E-state index contributed by atoms with van der Waals surface area (Å²) in [5.41, 5.74) is 9.97. The van der Waals surface area contributed by atoms with Crippen LogP contribution < -0.4 is 0 Å². The van der Waals surface area contributed by atoms with E-state index in [1.165, 1.54) is 32.3 Å². The molecule has 3 aromatic heterocycles. The Morgan fingerprint density at radius 3 is 1.53 bits per heavy atom. The van der Waals surface area contributed by atoms with Gasteiger partial charge in [-0.25, -0.2) is 15.0 Å². The number of nitrogens with zero attached hydrogens (tertiary/aromatic N) is 4. The van der Waals surface area contributed by atoms with Crippen molar-refractivity contribution in [3.05, 3.63) is 206 Å². The van der Waals surface area contributed by atoms with E-state index in [4.69, 9.17) is 19.4 Å². The normalized spacial score (nSPS) is 11.9. The smallest absolute Gasteiger partial charge is 0.164 e. The molecule has 13 aromatic rings. The molecule has 0 saturated heterocycles. The first kappa shape index (κ1) is 34.5. The van der Waals surface area contributed by atoms with Crippen LogP contribution in [0.5, 0.6) is 0 Å². The number of furan rings is 1. The van der Waals surface area contributed by atoms with Gasteiger partial charge in [-0.3, -0.25) is 0 Å². The molecule has 0 aliphatic carbocycles. The van der Waals surface area contributed by atoms with Crippen molar-refractivity contribution in [2.75, 3.05) is 0 Å². The first-order valence-corrected chi connectivity index (χ1v) is 20.9. The van der Waals surface area contributed by atoms with Crippen molar-refractivity contribution in [2.45, 2.75) is 0 Å². The first-order valence-electron chi connectivity index (χ1n) is 20.9.